The van der Waals surface area contributed by atoms with Crippen LogP contribution in [-0.2, 0) is 12.8 Å². The zero-order valence-corrected chi connectivity index (χ0v) is 12.4. The molecule has 1 aromatic heterocycles. The molecule has 106 valence electrons. The van der Waals surface area contributed by atoms with Crippen LogP contribution in [-0.4, -0.2) is 19.2 Å². The van der Waals surface area contributed by atoms with Crippen molar-refractivity contribution in [3.63, 3.8) is 0 Å². The van der Waals surface area contributed by atoms with Crippen molar-refractivity contribution in [3.8, 4) is 11.5 Å². The summed E-state index contributed by atoms with van der Waals surface area (Å²) in [6, 6.07) is 1.73. The van der Waals surface area contributed by atoms with E-state index in [0.29, 0.717) is 16.5 Å². The third-order valence-electron chi connectivity index (χ3n) is 3.88. The number of rotatable bonds is 2. The highest BCUT2D eigenvalue weighted by atomic mass is 35.5. The number of halogens is 1. The Morgan fingerprint density at radius 3 is 2.65 bits per heavy atom. The lowest BCUT2D eigenvalue weighted by Crippen LogP contribution is -2.10. The Labute approximate surface area is 122 Å². The molecule has 0 bridgehead atoms. The van der Waals surface area contributed by atoms with Gasteiger partial charge < -0.3 is 15.2 Å². The standard InChI is InChI=1S/C15H17ClN2O2/c1-19-11-7-9(16)15(20-2)12-13(17)8-5-3-4-6-10(8)18-14(11)12/h7H,3-6H2,1-2H3,(H2,17,18). The Morgan fingerprint density at radius 2 is 1.95 bits per heavy atom. The minimum Gasteiger partial charge on any atom is -0.494 e. The molecule has 2 N–H and O–H groups in total. The molecule has 20 heavy (non-hydrogen) atoms. The van der Waals surface area contributed by atoms with E-state index in [1.54, 1.807) is 20.3 Å². The first-order valence-corrected chi connectivity index (χ1v) is 7.06. The first-order valence-electron chi connectivity index (χ1n) is 6.68. The fraction of sp³-hybridized carbons (Fsp3) is 0.400. The number of anilines is 1. The average molecular weight is 293 g/mol. The molecule has 0 aliphatic heterocycles. The van der Waals surface area contributed by atoms with Gasteiger partial charge in [0.1, 0.15) is 17.0 Å². The number of nitrogens with zero attached hydrogens (tertiary/aromatic N) is 1. The average Bonchev–Trinajstić information content (AvgIpc) is 2.47. The van der Waals surface area contributed by atoms with Crippen LogP contribution in [0.25, 0.3) is 10.9 Å². The zero-order chi connectivity index (χ0) is 14.3. The number of nitrogens with two attached hydrogens (primary N) is 1. The van der Waals surface area contributed by atoms with Crippen LogP contribution < -0.4 is 15.2 Å². The lowest BCUT2D eigenvalue weighted by molar-refractivity contribution is 0.410. The Morgan fingerprint density at radius 1 is 1.20 bits per heavy atom. The molecule has 0 saturated carbocycles. The maximum atomic E-state index is 6.37. The molecule has 0 atom stereocenters. The number of aryl methyl sites for hydroxylation is 1. The predicted octanol–water partition coefficient (Wildman–Crippen LogP) is 3.37. The van der Waals surface area contributed by atoms with E-state index in [0.717, 1.165) is 53.5 Å². The topological polar surface area (TPSA) is 57.4 Å². The number of ether oxygens (including phenoxy) is 2. The number of fused-ring (bicyclic) bond motifs is 2. The quantitative estimate of drug-likeness (QED) is 0.922. The number of aromatic nitrogens is 1. The number of nitrogen functional groups attached to an aromatic ring is 1. The second-order valence-corrected chi connectivity index (χ2v) is 5.38. The first-order chi connectivity index (χ1) is 9.67. The van der Waals surface area contributed by atoms with Gasteiger partial charge >= 0.3 is 0 Å². The van der Waals surface area contributed by atoms with Crippen LogP contribution in [0.4, 0.5) is 5.69 Å². The molecule has 0 unspecified atom stereocenters. The highest BCUT2D eigenvalue weighted by Gasteiger charge is 2.22. The van der Waals surface area contributed by atoms with Gasteiger partial charge in [-0.15, -0.1) is 0 Å². The van der Waals surface area contributed by atoms with Gasteiger partial charge in [-0.05, 0) is 31.2 Å². The van der Waals surface area contributed by atoms with E-state index >= 15 is 0 Å². The molecule has 0 fully saturated rings. The molecule has 1 heterocycles. The monoisotopic (exact) mass is 292 g/mol. The normalized spacial score (nSPS) is 14.2. The summed E-state index contributed by atoms with van der Waals surface area (Å²) in [6.07, 6.45) is 4.22. The summed E-state index contributed by atoms with van der Waals surface area (Å²) in [6.45, 7) is 0. The summed E-state index contributed by atoms with van der Waals surface area (Å²) in [5, 5.41) is 1.25. The highest BCUT2D eigenvalue weighted by Crippen LogP contribution is 2.44. The lowest BCUT2D eigenvalue weighted by atomic mass is 9.92. The van der Waals surface area contributed by atoms with Gasteiger partial charge in [-0.2, -0.15) is 0 Å². The van der Waals surface area contributed by atoms with Crippen molar-refractivity contribution >= 4 is 28.2 Å². The second kappa shape index (κ2) is 5.02. The maximum absolute atomic E-state index is 6.37. The summed E-state index contributed by atoms with van der Waals surface area (Å²) in [5.74, 6) is 1.20. The Hall–Kier alpha value is -1.68. The number of hydrogen-bond acceptors (Lipinski definition) is 4. The van der Waals surface area contributed by atoms with Crippen molar-refractivity contribution in [2.24, 2.45) is 0 Å². The third kappa shape index (κ3) is 1.86. The Balaban J connectivity index is 2.44. The van der Waals surface area contributed by atoms with Crippen LogP contribution in [0.3, 0.4) is 0 Å². The van der Waals surface area contributed by atoms with Crippen molar-refractivity contribution < 1.29 is 9.47 Å². The van der Waals surface area contributed by atoms with Crippen molar-refractivity contribution in [1.29, 1.82) is 0 Å². The van der Waals surface area contributed by atoms with E-state index in [4.69, 9.17) is 31.8 Å². The molecule has 4 nitrogen and oxygen atoms in total. The fourth-order valence-corrected chi connectivity index (χ4v) is 3.17. The summed E-state index contributed by atoms with van der Waals surface area (Å²) >= 11 is 6.25. The van der Waals surface area contributed by atoms with Crippen LogP contribution in [0.1, 0.15) is 24.1 Å². The fourth-order valence-electron chi connectivity index (χ4n) is 2.90. The summed E-state index contributed by atoms with van der Waals surface area (Å²) in [7, 11) is 3.20. The van der Waals surface area contributed by atoms with Crippen LogP contribution in [0, 0.1) is 0 Å². The maximum Gasteiger partial charge on any atom is 0.149 e. The smallest absolute Gasteiger partial charge is 0.149 e. The molecule has 0 amide bonds. The van der Waals surface area contributed by atoms with Crippen LogP contribution in [0.5, 0.6) is 11.5 Å². The second-order valence-electron chi connectivity index (χ2n) is 4.98. The van der Waals surface area contributed by atoms with Crippen LogP contribution >= 0.6 is 11.6 Å². The molecule has 5 heteroatoms. The van der Waals surface area contributed by atoms with Gasteiger partial charge in [-0.3, -0.25) is 0 Å². The van der Waals surface area contributed by atoms with Crippen LogP contribution in [0.2, 0.25) is 5.02 Å². The molecule has 2 aromatic rings. The van der Waals surface area contributed by atoms with Crippen LogP contribution in [0.15, 0.2) is 6.07 Å². The summed E-state index contributed by atoms with van der Waals surface area (Å²) < 4.78 is 10.8. The van der Waals surface area contributed by atoms with Gasteiger partial charge in [0.15, 0.2) is 0 Å². The molecule has 0 radical (unpaired) electrons. The largest absolute Gasteiger partial charge is 0.494 e. The Kier molecular flexibility index (Phi) is 3.34. The summed E-state index contributed by atoms with van der Waals surface area (Å²) in [5.41, 5.74) is 10.0. The lowest BCUT2D eigenvalue weighted by Gasteiger charge is -2.21. The van der Waals surface area contributed by atoms with Gasteiger partial charge in [0.2, 0.25) is 0 Å². The molecule has 0 saturated heterocycles. The first kappa shape index (κ1) is 13.3. The van der Waals surface area contributed by atoms with E-state index in [9.17, 15) is 0 Å². The highest BCUT2D eigenvalue weighted by molar-refractivity contribution is 6.34. The summed E-state index contributed by atoms with van der Waals surface area (Å²) in [4.78, 5) is 4.75. The molecular formula is C15H17ClN2O2. The third-order valence-corrected chi connectivity index (χ3v) is 4.16. The van der Waals surface area contributed by atoms with E-state index in [1.807, 2.05) is 0 Å². The molecule has 1 aromatic carbocycles. The molecule has 1 aliphatic carbocycles. The molecule has 3 rings (SSSR count). The minimum atomic E-state index is 0.487. The van der Waals surface area contributed by atoms with E-state index < -0.39 is 0 Å². The van der Waals surface area contributed by atoms with E-state index in [-0.39, 0.29) is 0 Å². The Bertz CT molecular complexity index is 686. The van der Waals surface area contributed by atoms with Gasteiger partial charge in [-0.25, -0.2) is 4.98 Å². The minimum absolute atomic E-state index is 0.487. The van der Waals surface area contributed by atoms with Crippen molar-refractivity contribution in [2.45, 2.75) is 25.7 Å². The molecular weight excluding hydrogens is 276 g/mol. The van der Waals surface area contributed by atoms with Crippen molar-refractivity contribution in [3.05, 3.63) is 22.3 Å². The molecule has 1 aliphatic rings. The number of benzene rings is 1. The van der Waals surface area contributed by atoms with E-state index in [1.165, 1.54) is 0 Å². The SMILES string of the molecule is COc1cc(Cl)c(OC)c2c(N)c3c(nc12)CCCC3. The number of methoxy groups -OCH3 is 2. The van der Waals surface area contributed by atoms with Gasteiger partial charge in [0.05, 0.1) is 24.6 Å². The molecule has 0 spiro atoms. The van der Waals surface area contributed by atoms with Gasteiger partial charge in [-0.1, -0.05) is 11.6 Å². The number of hydrogen-bond donors (Lipinski definition) is 1. The number of pyridine rings is 1. The zero-order valence-electron chi connectivity index (χ0n) is 11.6. The predicted molar refractivity (Wildman–Crippen MR) is 80.9 cm³/mol. The van der Waals surface area contributed by atoms with Gasteiger partial charge in [0.25, 0.3) is 0 Å². The van der Waals surface area contributed by atoms with Gasteiger partial charge in [0, 0.05) is 17.4 Å². The van der Waals surface area contributed by atoms with Crippen molar-refractivity contribution in [2.75, 3.05) is 20.0 Å². The van der Waals surface area contributed by atoms with E-state index in [2.05, 4.69) is 0 Å². The van der Waals surface area contributed by atoms with Crippen molar-refractivity contribution in [1.82, 2.24) is 4.98 Å².